The van der Waals surface area contributed by atoms with Crippen LogP contribution in [-0.2, 0) is 25.1 Å². The van der Waals surface area contributed by atoms with E-state index >= 15 is 0 Å². The monoisotopic (exact) mass is 394 g/mol. The summed E-state index contributed by atoms with van der Waals surface area (Å²) >= 11 is 3.27. The number of hydrogen-bond donors (Lipinski definition) is 1. The Bertz CT molecular complexity index is 1230. The molecule has 0 fully saturated rings. The second-order valence-electron chi connectivity index (χ2n) is 6.62. The van der Waals surface area contributed by atoms with Crippen molar-refractivity contribution in [3.8, 4) is 0 Å². The molecule has 0 amide bonds. The third-order valence-corrected chi connectivity index (χ3v) is 7.07. The molecule has 7 heteroatoms. The van der Waals surface area contributed by atoms with Gasteiger partial charge in [-0.2, -0.15) is 0 Å². The maximum absolute atomic E-state index is 12.6. The van der Waals surface area contributed by atoms with Crippen molar-refractivity contribution in [2.24, 2.45) is 0 Å². The summed E-state index contributed by atoms with van der Waals surface area (Å²) in [4.78, 5) is 27.3. The number of aromatic amines is 1. The Morgan fingerprint density at radius 2 is 2.19 bits per heavy atom. The van der Waals surface area contributed by atoms with Crippen LogP contribution in [0.2, 0.25) is 0 Å². The maximum Gasteiger partial charge on any atom is 0.259 e. The Hall–Kier alpha value is -2.38. The molecular weight excluding hydrogens is 376 g/mol. The molecule has 0 atom stereocenters. The molecule has 5 nitrogen and oxygen atoms in total. The van der Waals surface area contributed by atoms with Crippen molar-refractivity contribution >= 4 is 44.3 Å². The number of H-pyrrole nitrogens is 1. The molecule has 1 aromatic carbocycles. The molecule has 1 aliphatic rings. The summed E-state index contributed by atoms with van der Waals surface area (Å²) in [6, 6.07) is 8.08. The van der Waals surface area contributed by atoms with E-state index in [4.69, 9.17) is 9.97 Å². The van der Waals surface area contributed by atoms with E-state index in [2.05, 4.69) is 22.2 Å². The molecule has 0 unspecified atom stereocenters. The molecular formula is C20H18N4OS2. The summed E-state index contributed by atoms with van der Waals surface area (Å²) in [6.07, 6.45) is 5.09. The van der Waals surface area contributed by atoms with Crippen LogP contribution in [0.25, 0.3) is 21.3 Å². The molecule has 136 valence electrons. The van der Waals surface area contributed by atoms with E-state index in [0.29, 0.717) is 18.1 Å². The standard InChI is InChI=1S/C20H18N4OS2/c1-2-10-24-14-8-4-3-7-13(14)21-20(24)26-11-16-22-18(25)17-12-6-5-9-15(12)27-19(17)23-16/h2-4,7-8H,1,5-6,9-11H2,(H,22,23,25). The Morgan fingerprint density at radius 3 is 3.07 bits per heavy atom. The van der Waals surface area contributed by atoms with Gasteiger partial charge in [-0.25, -0.2) is 9.97 Å². The van der Waals surface area contributed by atoms with Crippen molar-refractivity contribution < 1.29 is 0 Å². The Kier molecular flexibility index (Phi) is 4.13. The molecule has 3 heterocycles. The highest BCUT2D eigenvalue weighted by Crippen LogP contribution is 2.35. The topological polar surface area (TPSA) is 63.6 Å². The van der Waals surface area contributed by atoms with Crippen molar-refractivity contribution in [1.82, 2.24) is 19.5 Å². The normalized spacial score (nSPS) is 13.5. The first-order chi connectivity index (χ1) is 13.2. The first-order valence-corrected chi connectivity index (χ1v) is 10.8. The molecule has 1 aliphatic carbocycles. The van der Waals surface area contributed by atoms with E-state index in [1.54, 1.807) is 23.1 Å². The SMILES string of the molecule is C=CCn1c(SCc2nc3sc4c(c3c(=O)[nH]2)CCC4)nc2ccccc21. The number of aryl methyl sites for hydroxylation is 2. The van der Waals surface area contributed by atoms with E-state index in [1.165, 1.54) is 10.4 Å². The number of nitrogens with zero attached hydrogens (tertiary/aromatic N) is 3. The fourth-order valence-corrected chi connectivity index (χ4v) is 5.89. The number of aromatic nitrogens is 4. The summed E-state index contributed by atoms with van der Waals surface area (Å²) in [5.41, 5.74) is 3.27. The van der Waals surface area contributed by atoms with Crippen LogP contribution >= 0.6 is 23.1 Å². The van der Waals surface area contributed by atoms with E-state index in [1.807, 2.05) is 24.3 Å². The number of fused-ring (bicyclic) bond motifs is 4. The van der Waals surface area contributed by atoms with Gasteiger partial charge in [0.15, 0.2) is 5.16 Å². The summed E-state index contributed by atoms with van der Waals surface area (Å²) < 4.78 is 2.14. The lowest BCUT2D eigenvalue weighted by molar-refractivity contribution is 0.748. The number of nitrogens with one attached hydrogen (secondary N) is 1. The van der Waals surface area contributed by atoms with Gasteiger partial charge in [0.25, 0.3) is 5.56 Å². The van der Waals surface area contributed by atoms with E-state index < -0.39 is 0 Å². The van der Waals surface area contributed by atoms with Gasteiger partial charge in [0.05, 0.1) is 22.2 Å². The quantitative estimate of drug-likeness (QED) is 0.405. The summed E-state index contributed by atoms with van der Waals surface area (Å²) in [5, 5.41) is 1.72. The predicted octanol–water partition coefficient (Wildman–Crippen LogP) is 4.30. The fourth-order valence-electron chi connectivity index (χ4n) is 3.72. The Labute approximate surface area is 164 Å². The van der Waals surface area contributed by atoms with Crippen molar-refractivity contribution in [2.45, 2.75) is 36.7 Å². The highest BCUT2D eigenvalue weighted by Gasteiger charge is 2.21. The summed E-state index contributed by atoms with van der Waals surface area (Å²) in [5.74, 6) is 1.28. The van der Waals surface area contributed by atoms with Gasteiger partial charge < -0.3 is 9.55 Å². The minimum Gasteiger partial charge on any atom is -0.315 e. The van der Waals surface area contributed by atoms with Gasteiger partial charge in [-0.1, -0.05) is 30.0 Å². The van der Waals surface area contributed by atoms with Crippen molar-refractivity contribution in [3.63, 3.8) is 0 Å². The van der Waals surface area contributed by atoms with Crippen molar-refractivity contribution in [2.75, 3.05) is 0 Å². The van der Waals surface area contributed by atoms with Crippen LogP contribution < -0.4 is 5.56 Å². The zero-order valence-electron chi connectivity index (χ0n) is 14.7. The first kappa shape index (κ1) is 16.8. The van der Waals surface area contributed by atoms with Crippen molar-refractivity contribution in [3.05, 3.63) is 63.5 Å². The number of benzene rings is 1. The van der Waals surface area contributed by atoms with Gasteiger partial charge in [-0.3, -0.25) is 4.79 Å². The van der Waals surface area contributed by atoms with Gasteiger partial charge in [-0.15, -0.1) is 17.9 Å². The van der Waals surface area contributed by atoms with Crippen LogP contribution in [0.3, 0.4) is 0 Å². The zero-order valence-corrected chi connectivity index (χ0v) is 16.3. The van der Waals surface area contributed by atoms with Crippen LogP contribution in [0.15, 0.2) is 46.9 Å². The average molecular weight is 395 g/mol. The lowest BCUT2D eigenvalue weighted by Gasteiger charge is -2.06. The van der Waals surface area contributed by atoms with Crippen LogP contribution in [-0.4, -0.2) is 19.5 Å². The Balaban J connectivity index is 1.48. The van der Waals surface area contributed by atoms with E-state index in [0.717, 1.165) is 45.7 Å². The summed E-state index contributed by atoms with van der Waals surface area (Å²) in [7, 11) is 0. The van der Waals surface area contributed by atoms with Crippen LogP contribution in [0.4, 0.5) is 0 Å². The largest absolute Gasteiger partial charge is 0.315 e. The molecule has 1 N–H and O–H groups in total. The molecule has 0 saturated carbocycles. The molecule has 3 aromatic heterocycles. The molecule has 0 bridgehead atoms. The number of thioether (sulfide) groups is 1. The first-order valence-electron chi connectivity index (χ1n) is 8.97. The molecule has 0 saturated heterocycles. The fraction of sp³-hybridized carbons (Fsp3) is 0.250. The molecule has 27 heavy (non-hydrogen) atoms. The van der Waals surface area contributed by atoms with Crippen LogP contribution in [0.1, 0.15) is 22.7 Å². The number of hydrogen-bond acceptors (Lipinski definition) is 5. The third kappa shape index (κ3) is 2.82. The summed E-state index contributed by atoms with van der Waals surface area (Å²) in [6.45, 7) is 4.55. The van der Waals surface area contributed by atoms with Crippen LogP contribution in [0.5, 0.6) is 0 Å². The lowest BCUT2D eigenvalue weighted by atomic mass is 10.2. The maximum atomic E-state index is 12.6. The second kappa shape index (κ2) is 6.65. The number of imidazole rings is 1. The van der Waals surface area contributed by atoms with Gasteiger partial charge in [0, 0.05) is 11.4 Å². The van der Waals surface area contributed by atoms with Gasteiger partial charge in [-0.05, 0) is 37.0 Å². The van der Waals surface area contributed by atoms with E-state index in [9.17, 15) is 4.79 Å². The predicted molar refractivity (Wildman–Crippen MR) is 112 cm³/mol. The lowest BCUT2D eigenvalue weighted by Crippen LogP contribution is -2.11. The highest BCUT2D eigenvalue weighted by atomic mass is 32.2. The second-order valence-corrected chi connectivity index (χ2v) is 8.65. The number of allylic oxidation sites excluding steroid dienone is 1. The van der Waals surface area contributed by atoms with Gasteiger partial charge in [0.1, 0.15) is 10.7 Å². The van der Waals surface area contributed by atoms with Gasteiger partial charge >= 0.3 is 0 Å². The number of thiophene rings is 1. The number of rotatable bonds is 5. The smallest absolute Gasteiger partial charge is 0.259 e. The average Bonchev–Trinajstić information content (AvgIpc) is 3.33. The Morgan fingerprint density at radius 1 is 1.30 bits per heavy atom. The van der Waals surface area contributed by atoms with Crippen LogP contribution in [0, 0.1) is 0 Å². The molecule has 0 radical (unpaired) electrons. The van der Waals surface area contributed by atoms with E-state index in [-0.39, 0.29) is 5.56 Å². The number of para-hydroxylation sites is 2. The minimum absolute atomic E-state index is 0.00501. The zero-order chi connectivity index (χ0) is 18.4. The molecule has 4 aromatic rings. The molecule has 0 spiro atoms. The highest BCUT2D eigenvalue weighted by molar-refractivity contribution is 7.98. The molecule has 0 aliphatic heterocycles. The van der Waals surface area contributed by atoms with Gasteiger partial charge in [0.2, 0.25) is 0 Å². The minimum atomic E-state index is -0.00501. The molecule has 5 rings (SSSR count). The third-order valence-electron chi connectivity index (χ3n) is 4.89. The van der Waals surface area contributed by atoms with Crippen molar-refractivity contribution in [1.29, 1.82) is 0 Å².